The van der Waals surface area contributed by atoms with E-state index in [-0.39, 0.29) is 0 Å². The fourth-order valence-corrected chi connectivity index (χ4v) is 2.53. The number of primary amides is 1. The number of aromatic nitrogens is 1. The third kappa shape index (κ3) is 2.61. The molecule has 18 heavy (non-hydrogen) atoms. The van der Waals surface area contributed by atoms with Crippen molar-refractivity contribution in [2.45, 2.75) is 37.8 Å². The van der Waals surface area contributed by atoms with E-state index in [1.165, 1.54) is 0 Å². The number of nitrogens with zero attached hydrogens (tertiary/aromatic N) is 2. The Bertz CT molecular complexity index is 427. The predicted molar refractivity (Wildman–Crippen MR) is 71.4 cm³/mol. The third-order valence-corrected chi connectivity index (χ3v) is 3.68. The molecule has 5 nitrogen and oxygen atoms in total. The smallest absolute Gasteiger partial charge is 0.252 e. The van der Waals surface area contributed by atoms with Gasteiger partial charge in [-0.25, -0.2) is 4.98 Å². The Morgan fingerprint density at radius 1 is 1.39 bits per heavy atom. The predicted octanol–water partition coefficient (Wildman–Crippen LogP) is 0.887. The highest BCUT2D eigenvalue weighted by Gasteiger charge is 2.24. The molecule has 1 aliphatic rings. The van der Waals surface area contributed by atoms with Crippen LogP contribution >= 0.6 is 0 Å². The maximum Gasteiger partial charge on any atom is 0.252 e. The first-order valence-electron chi connectivity index (χ1n) is 6.33. The molecule has 0 aromatic carbocycles. The van der Waals surface area contributed by atoms with Gasteiger partial charge in [-0.05, 0) is 37.8 Å². The van der Waals surface area contributed by atoms with Crippen molar-refractivity contribution in [2.75, 3.05) is 11.9 Å². The largest absolute Gasteiger partial charge is 0.365 e. The molecule has 1 amide bonds. The molecule has 0 spiro atoms. The Balaban J connectivity index is 2.18. The van der Waals surface area contributed by atoms with Crippen LogP contribution in [0, 0.1) is 0 Å². The van der Waals surface area contributed by atoms with Crippen LogP contribution in [0.5, 0.6) is 0 Å². The molecule has 0 radical (unpaired) electrons. The summed E-state index contributed by atoms with van der Waals surface area (Å²) in [6, 6.07) is 4.15. The molecule has 0 unspecified atom stereocenters. The van der Waals surface area contributed by atoms with Gasteiger partial charge in [0.1, 0.15) is 5.82 Å². The van der Waals surface area contributed by atoms with Crippen LogP contribution < -0.4 is 16.4 Å². The third-order valence-electron chi connectivity index (χ3n) is 3.68. The van der Waals surface area contributed by atoms with Crippen molar-refractivity contribution >= 4 is 11.7 Å². The standard InChI is InChI=1S/C13H20N4O/c1-17(10-6-4-9(14)5-7-10)13-11(12(15)18)3-2-8-16-13/h2-3,8-10H,4-7,14H2,1H3,(H2,15,18). The van der Waals surface area contributed by atoms with E-state index in [2.05, 4.69) is 9.88 Å². The molecule has 5 heteroatoms. The van der Waals surface area contributed by atoms with Gasteiger partial charge in [-0.15, -0.1) is 0 Å². The van der Waals surface area contributed by atoms with E-state index in [1.54, 1.807) is 18.3 Å². The number of anilines is 1. The van der Waals surface area contributed by atoms with Crippen LogP contribution in [0.25, 0.3) is 0 Å². The molecule has 1 aromatic heterocycles. The minimum atomic E-state index is -0.433. The molecule has 1 heterocycles. The van der Waals surface area contributed by atoms with Crippen molar-refractivity contribution in [3.8, 4) is 0 Å². The van der Waals surface area contributed by atoms with Gasteiger partial charge in [0.2, 0.25) is 0 Å². The van der Waals surface area contributed by atoms with E-state index in [0.29, 0.717) is 23.5 Å². The van der Waals surface area contributed by atoms with E-state index >= 15 is 0 Å². The van der Waals surface area contributed by atoms with E-state index in [1.807, 2.05) is 7.05 Å². The van der Waals surface area contributed by atoms with Gasteiger partial charge in [-0.3, -0.25) is 4.79 Å². The normalized spacial score (nSPS) is 23.7. The molecule has 1 aliphatic carbocycles. The first kappa shape index (κ1) is 12.8. The fraction of sp³-hybridized carbons (Fsp3) is 0.538. The topological polar surface area (TPSA) is 85.2 Å². The molecule has 1 aromatic rings. The number of nitrogens with two attached hydrogens (primary N) is 2. The van der Waals surface area contributed by atoms with Crippen molar-refractivity contribution in [3.05, 3.63) is 23.9 Å². The number of amides is 1. The summed E-state index contributed by atoms with van der Waals surface area (Å²) >= 11 is 0. The van der Waals surface area contributed by atoms with Gasteiger partial charge in [0.25, 0.3) is 5.91 Å². The van der Waals surface area contributed by atoms with Gasteiger partial charge in [0.05, 0.1) is 5.56 Å². The molecule has 0 bridgehead atoms. The average Bonchev–Trinajstić information content (AvgIpc) is 2.39. The van der Waals surface area contributed by atoms with Crippen LogP contribution in [0.1, 0.15) is 36.0 Å². The van der Waals surface area contributed by atoms with E-state index in [4.69, 9.17) is 11.5 Å². The molecule has 98 valence electrons. The minimum Gasteiger partial charge on any atom is -0.365 e. The SMILES string of the molecule is CN(c1ncccc1C(N)=O)C1CCC(N)CC1. The lowest BCUT2D eigenvalue weighted by Crippen LogP contribution is -2.40. The Morgan fingerprint density at radius 2 is 2.06 bits per heavy atom. The molecule has 4 N–H and O–H groups in total. The second-order valence-corrected chi connectivity index (χ2v) is 4.92. The van der Waals surface area contributed by atoms with Crippen LogP contribution in [0.2, 0.25) is 0 Å². The zero-order valence-corrected chi connectivity index (χ0v) is 10.7. The molecule has 0 atom stereocenters. The highest BCUT2D eigenvalue weighted by atomic mass is 16.1. The summed E-state index contributed by atoms with van der Waals surface area (Å²) < 4.78 is 0. The quantitative estimate of drug-likeness (QED) is 0.831. The first-order chi connectivity index (χ1) is 8.59. The monoisotopic (exact) mass is 248 g/mol. The first-order valence-corrected chi connectivity index (χ1v) is 6.33. The highest BCUT2D eigenvalue weighted by molar-refractivity contribution is 5.97. The zero-order chi connectivity index (χ0) is 13.1. The van der Waals surface area contributed by atoms with Crippen molar-refractivity contribution in [1.82, 2.24) is 4.98 Å². The van der Waals surface area contributed by atoms with E-state index in [0.717, 1.165) is 25.7 Å². The lowest BCUT2D eigenvalue weighted by molar-refractivity contribution is 0.100. The molecule has 0 aliphatic heterocycles. The van der Waals surface area contributed by atoms with Gasteiger partial charge in [-0.1, -0.05) is 0 Å². The number of hydrogen-bond donors (Lipinski definition) is 2. The fourth-order valence-electron chi connectivity index (χ4n) is 2.53. The van der Waals surface area contributed by atoms with Crippen LogP contribution in [-0.4, -0.2) is 30.0 Å². The van der Waals surface area contributed by atoms with Crippen molar-refractivity contribution in [3.63, 3.8) is 0 Å². The molecule has 0 saturated heterocycles. The number of carbonyl (C=O) groups excluding carboxylic acids is 1. The summed E-state index contributed by atoms with van der Waals surface area (Å²) in [7, 11) is 1.97. The van der Waals surface area contributed by atoms with E-state index < -0.39 is 5.91 Å². The van der Waals surface area contributed by atoms with Gasteiger partial charge < -0.3 is 16.4 Å². The summed E-state index contributed by atoms with van der Waals surface area (Å²) in [4.78, 5) is 17.7. The molecular formula is C13H20N4O. The van der Waals surface area contributed by atoms with Crippen LogP contribution in [-0.2, 0) is 0 Å². The molecule has 2 rings (SSSR count). The Hall–Kier alpha value is -1.62. The average molecular weight is 248 g/mol. The van der Waals surface area contributed by atoms with Gasteiger partial charge in [-0.2, -0.15) is 0 Å². The number of hydrogen-bond acceptors (Lipinski definition) is 4. The second-order valence-electron chi connectivity index (χ2n) is 4.92. The lowest BCUT2D eigenvalue weighted by atomic mass is 9.91. The summed E-state index contributed by atoms with van der Waals surface area (Å²) in [5.74, 6) is 0.239. The zero-order valence-electron chi connectivity index (χ0n) is 10.7. The second kappa shape index (κ2) is 5.35. The Kier molecular flexibility index (Phi) is 3.81. The van der Waals surface area contributed by atoms with Crippen molar-refractivity contribution in [1.29, 1.82) is 0 Å². The van der Waals surface area contributed by atoms with Crippen LogP contribution in [0.4, 0.5) is 5.82 Å². The number of rotatable bonds is 3. The van der Waals surface area contributed by atoms with Crippen LogP contribution in [0.3, 0.4) is 0 Å². The summed E-state index contributed by atoms with van der Waals surface area (Å²) in [5, 5.41) is 0. The van der Waals surface area contributed by atoms with Gasteiger partial charge in [0, 0.05) is 25.3 Å². The number of carbonyl (C=O) groups is 1. The van der Waals surface area contributed by atoms with Crippen molar-refractivity contribution in [2.24, 2.45) is 11.5 Å². The van der Waals surface area contributed by atoms with Crippen LogP contribution in [0.15, 0.2) is 18.3 Å². The van der Waals surface area contributed by atoms with Crippen molar-refractivity contribution < 1.29 is 4.79 Å². The highest BCUT2D eigenvalue weighted by Crippen LogP contribution is 2.26. The number of pyridine rings is 1. The maximum atomic E-state index is 11.4. The lowest BCUT2D eigenvalue weighted by Gasteiger charge is -2.34. The van der Waals surface area contributed by atoms with Gasteiger partial charge >= 0.3 is 0 Å². The minimum absolute atomic E-state index is 0.314. The molecule has 1 saturated carbocycles. The van der Waals surface area contributed by atoms with E-state index in [9.17, 15) is 4.79 Å². The summed E-state index contributed by atoms with van der Waals surface area (Å²) in [6.07, 6.45) is 5.80. The summed E-state index contributed by atoms with van der Waals surface area (Å²) in [6.45, 7) is 0. The Morgan fingerprint density at radius 3 is 2.67 bits per heavy atom. The molecule has 1 fully saturated rings. The summed E-state index contributed by atoms with van der Waals surface area (Å²) in [5.41, 5.74) is 11.8. The van der Waals surface area contributed by atoms with Gasteiger partial charge in [0.15, 0.2) is 0 Å². The molecular weight excluding hydrogens is 228 g/mol. The Labute approximate surface area is 107 Å². The maximum absolute atomic E-state index is 11.4.